The van der Waals surface area contributed by atoms with Gasteiger partial charge in [-0.05, 0) is 49.4 Å². The van der Waals surface area contributed by atoms with Crippen molar-refractivity contribution in [2.45, 2.75) is 26.7 Å². The van der Waals surface area contributed by atoms with Gasteiger partial charge >= 0.3 is 0 Å². The fourth-order valence-electron chi connectivity index (χ4n) is 2.76. The van der Waals surface area contributed by atoms with Crippen LogP contribution in [-0.4, -0.2) is 26.1 Å². The fourth-order valence-corrected chi connectivity index (χ4v) is 2.76. The van der Waals surface area contributed by atoms with Crippen molar-refractivity contribution < 1.29 is 9.53 Å². The number of ether oxygens (including phenoxy) is 1. The van der Waals surface area contributed by atoms with Crippen molar-refractivity contribution in [1.82, 2.24) is 0 Å². The van der Waals surface area contributed by atoms with Crippen LogP contribution >= 0.6 is 0 Å². The minimum Gasteiger partial charge on any atom is -0.495 e. The van der Waals surface area contributed by atoms with Crippen LogP contribution in [-0.2, 0) is 11.2 Å². The Kier molecular flexibility index (Phi) is 4.10. The van der Waals surface area contributed by atoms with E-state index in [9.17, 15) is 4.79 Å². The van der Waals surface area contributed by atoms with Gasteiger partial charge in [-0.3, -0.25) is 4.79 Å². The third kappa shape index (κ3) is 2.59. The van der Waals surface area contributed by atoms with E-state index in [-0.39, 0.29) is 5.91 Å². The summed E-state index contributed by atoms with van der Waals surface area (Å²) in [6.07, 6.45) is 1.85. The summed E-state index contributed by atoms with van der Waals surface area (Å²) in [4.78, 5) is 13.8. The summed E-state index contributed by atoms with van der Waals surface area (Å²) in [5.41, 5.74) is 9.17. The number of aryl methyl sites for hydroxylation is 1. The van der Waals surface area contributed by atoms with Gasteiger partial charge in [0.2, 0.25) is 5.91 Å². The smallest absolute Gasteiger partial charge is 0.223 e. The van der Waals surface area contributed by atoms with Crippen LogP contribution in [0.4, 0.5) is 5.69 Å². The SMILES string of the molecule is COc1ccc(C)c2c1N(C(C)=O)CCC(CN)C2. The van der Waals surface area contributed by atoms with E-state index in [1.807, 2.05) is 11.0 Å². The number of benzene rings is 1. The molecule has 0 fully saturated rings. The topological polar surface area (TPSA) is 55.6 Å². The lowest BCUT2D eigenvalue weighted by molar-refractivity contribution is -0.116. The molecule has 4 heteroatoms. The van der Waals surface area contributed by atoms with E-state index in [2.05, 4.69) is 13.0 Å². The molecule has 1 aliphatic rings. The molecular formula is C15H22N2O2. The number of nitrogens with zero attached hydrogens (tertiary/aromatic N) is 1. The lowest BCUT2D eigenvalue weighted by atomic mass is 9.94. The van der Waals surface area contributed by atoms with Gasteiger partial charge in [-0.2, -0.15) is 0 Å². The zero-order chi connectivity index (χ0) is 14.0. The third-order valence-electron chi connectivity index (χ3n) is 3.94. The van der Waals surface area contributed by atoms with Crippen LogP contribution in [0.3, 0.4) is 0 Å². The zero-order valence-electron chi connectivity index (χ0n) is 11.9. The molecule has 1 atom stereocenters. The van der Waals surface area contributed by atoms with Crippen molar-refractivity contribution >= 4 is 11.6 Å². The molecule has 1 aliphatic heterocycles. The van der Waals surface area contributed by atoms with Crippen LogP contribution in [0.25, 0.3) is 0 Å². The normalized spacial score (nSPS) is 18.7. The minimum absolute atomic E-state index is 0.0582. The first-order valence-electron chi connectivity index (χ1n) is 6.73. The number of anilines is 1. The molecule has 0 saturated carbocycles. The monoisotopic (exact) mass is 262 g/mol. The first-order valence-corrected chi connectivity index (χ1v) is 6.73. The Morgan fingerprint density at radius 3 is 2.84 bits per heavy atom. The predicted molar refractivity (Wildman–Crippen MR) is 76.6 cm³/mol. The lowest BCUT2D eigenvalue weighted by Gasteiger charge is -2.24. The van der Waals surface area contributed by atoms with E-state index in [4.69, 9.17) is 10.5 Å². The van der Waals surface area contributed by atoms with E-state index in [1.165, 1.54) is 11.1 Å². The maximum absolute atomic E-state index is 11.9. The average molecular weight is 262 g/mol. The zero-order valence-corrected chi connectivity index (χ0v) is 11.9. The molecule has 0 aliphatic carbocycles. The molecule has 104 valence electrons. The number of carbonyl (C=O) groups is 1. The van der Waals surface area contributed by atoms with Crippen molar-refractivity contribution in [2.75, 3.05) is 25.1 Å². The van der Waals surface area contributed by atoms with Gasteiger partial charge in [-0.15, -0.1) is 0 Å². The molecule has 4 nitrogen and oxygen atoms in total. The summed E-state index contributed by atoms with van der Waals surface area (Å²) >= 11 is 0. The molecular weight excluding hydrogens is 240 g/mol. The van der Waals surface area contributed by atoms with E-state index in [0.717, 1.165) is 24.3 Å². The summed E-state index contributed by atoms with van der Waals surface area (Å²) in [5, 5.41) is 0. The standard InChI is InChI=1S/C15H22N2O2/c1-10-4-5-14(19-3)15-13(10)8-12(9-16)6-7-17(15)11(2)18/h4-5,12H,6-9,16H2,1-3H3. The molecule has 1 aromatic rings. The van der Waals surface area contributed by atoms with Crippen molar-refractivity contribution in [1.29, 1.82) is 0 Å². The van der Waals surface area contributed by atoms with Gasteiger partial charge in [-0.25, -0.2) is 0 Å². The quantitative estimate of drug-likeness (QED) is 0.885. The van der Waals surface area contributed by atoms with Gasteiger partial charge in [0.1, 0.15) is 5.75 Å². The molecule has 2 rings (SSSR count). The molecule has 0 spiro atoms. The number of carbonyl (C=O) groups excluding carboxylic acids is 1. The van der Waals surface area contributed by atoms with Gasteiger partial charge in [-0.1, -0.05) is 6.07 Å². The van der Waals surface area contributed by atoms with Crippen LogP contribution < -0.4 is 15.4 Å². The second-order valence-corrected chi connectivity index (χ2v) is 5.18. The summed E-state index contributed by atoms with van der Waals surface area (Å²) in [6, 6.07) is 3.99. The predicted octanol–water partition coefficient (Wildman–Crippen LogP) is 1.88. The Balaban J connectivity index is 2.58. The number of rotatable bonds is 2. The number of amides is 1. The number of methoxy groups -OCH3 is 1. The Hall–Kier alpha value is -1.55. The summed E-state index contributed by atoms with van der Waals surface area (Å²) < 4.78 is 5.45. The van der Waals surface area contributed by atoms with Crippen molar-refractivity contribution in [3.63, 3.8) is 0 Å². The Morgan fingerprint density at radius 1 is 1.53 bits per heavy atom. The largest absolute Gasteiger partial charge is 0.495 e. The lowest BCUT2D eigenvalue weighted by Crippen LogP contribution is -2.30. The molecule has 0 bridgehead atoms. The van der Waals surface area contributed by atoms with Crippen LogP contribution in [0.5, 0.6) is 5.75 Å². The molecule has 1 unspecified atom stereocenters. The highest BCUT2D eigenvalue weighted by atomic mass is 16.5. The highest BCUT2D eigenvalue weighted by Crippen LogP contribution is 2.38. The molecule has 1 aromatic carbocycles. The highest BCUT2D eigenvalue weighted by Gasteiger charge is 2.27. The Bertz CT molecular complexity index is 485. The van der Waals surface area contributed by atoms with Gasteiger partial charge in [0.15, 0.2) is 0 Å². The first kappa shape index (κ1) is 13.9. The van der Waals surface area contributed by atoms with Crippen LogP contribution in [0.15, 0.2) is 12.1 Å². The maximum atomic E-state index is 11.9. The highest BCUT2D eigenvalue weighted by molar-refractivity contribution is 5.94. The van der Waals surface area contributed by atoms with E-state index < -0.39 is 0 Å². The van der Waals surface area contributed by atoms with Crippen LogP contribution in [0.1, 0.15) is 24.5 Å². The number of fused-ring (bicyclic) bond motifs is 1. The Morgan fingerprint density at radius 2 is 2.26 bits per heavy atom. The van der Waals surface area contributed by atoms with Gasteiger partial charge in [0.25, 0.3) is 0 Å². The van der Waals surface area contributed by atoms with E-state index in [0.29, 0.717) is 19.0 Å². The minimum atomic E-state index is 0.0582. The molecule has 0 radical (unpaired) electrons. The molecule has 1 heterocycles. The van der Waals surface area contributed by atoms with Crippen LogP contribution in [0, 0.1) is 12.8 Å². The van der Waals surface area contributed by atoms with E-state index in [1.54, 1.807) is 14.0 Å². The van der Waals surface area contributed by atoms with Crippen LogP contribution in [0.2, 0.25) is 0 Å². The van der Waals surface area contributed by atoms with Crippen molar-refractivity contribution in [3.05, 3.63) is 23.3 Å². The fraction of sp³-hybridized carbons (Fsp3) is 0.533. The average Bonchev–Trinajstić information content (AvgIpc) is 2.59. The van der Waals surface area contributed by atoms with Crippen molar-refractivity contribution in [2.24, 2.45) is 11.7 Å². The van der Waals surface area contributed by atoms with Gasteiger partial charge < -0.3 is 15.4 Å². The molecule has 0 aromatic heterocycles. The first-order chi connectivity index (χ1) is 9.08. The number of nitrogens with two attached hydrogens (primary N) is 1. The molecule has 1 amide bonds. The van der Waals surface area contributed by atoms with E-state index >= 15 is 0 Å². The number of hydrogen-bond acceptors (Lipinski definition) is 3. The van der Waals surface area contributed by atoms with Gasteiger partial charge in [0, 0.05) is 13.5 Å². The second-order valence-electron chi connectivity index (χ2n) is 5.18. The van der Waals surface area contributed by atoms with Gasteiger partial charge in [0.05, 0.1) is 12.8 Å². The van der Waals surface area contributed by atoms with Crippen molar-refractivity contribution in [3.8, 4) is 5.75 Å². The Labute approximate surface area is 114 Å². The summed E-state index contributed by atoms with van der Waals surface area (Å²) in [5.74, 6) is 1.25. The third-order valence-corrected chi connectivity index (χ3v) is 3.94. The number of hydrogen-bond donors (Lipinski definition) is 1. The molecule has 19 heavy (non-hydrogen) atoms. The second kappa shape index (κ2) is 5.61. The molecule has 0 saturated heterocycles. The molecule has 2 N–H and O–H groups in total. The summed E-state index contributed by atoms with van der Waals surface area (Å²) in [7, 11) is 1.65. The maximum Gasteiger partial charge on any atom is 0.223 e. The summed E-state index contributed by atoms with van der Waals surface area (Å²) in [6.45, 7) is 5.05.